The van der Waals surface area contributed by atoms with Gasteiger partial charge in [0.2, 0.25) is 0 Å². The van der Waals surface area contributed by atoms with Crippen molar-refractivity contribution in [1.82, 2.24) is 10.3 Å². The zero-order valence-electron chi connectivity index (χ0n) is 14.2. The standard InChI is InChI=1S/C21H22N2OS/c1-2-19(22-11-1)15-24-20-9-5-17(6-10-20)14-16-3-7-18(8-4-16)21-23-12-13-25-21/h3-10,12-13,19,22H,1-2,11,14-15H2/t19-/m0/s1. The zero-order chi connectivity index (χ0) is 16.9. The molecule has 1 fully saturated rings. The number of aromatic nitrogens is 1. The molecule has 2 heterocycles. The number of ether oxygens (including phenoxy) is 1. The number of nitrogens with one attached hydrogen (secondary N) is 1. The Bertz CT molecular complexity index is 776. The number of hydrogen-bond acceptors (Lipinski definition) is 4. The Labute approximate surface area is 152 Å². The van der Waals surface area contributed by atoms with Crippen LogP contribution in [0.3, 0.4) is 0 Å². The van der Waals surface area contributed by atoms with Gasteiger partial charge in [-0.15, -0.1) is 11.3 Å². The molecule has 0 amide bonds. The van der Waals surface area contributed by atoms with Gasteiger partial charge in [-0.05, 0) is 49.1 Å². The lowest BCUT2D eigenvalue weighted by molar-refractivity contribution is 0.277. The molecule has 4 rings (SSSR count). The van der Waals surface area contributed by atoms with Crippen LogP contribution in [0.2, 0.25) is 0 Å². The van der Waals surface area contributed by atoms with Crippen molar-refractivity contribution in [3.8, 4) is 16.3 Å². The molecule has 0 saturated carbocycles. The van der Waals surface area contributed by atoms with E-state index in [1.165, 1.54) is 29.5 Å². The maximum absolute atomic E-state index is 5.88. The molecule has 0 aliphatic carbocycles. The largest absolute Gasteiger partial charge is 0.492 e. The molecule has 4 heteroatoms. The number of benzene rings is 2. The van der Waals surface area contributed by atoms with Crippen LogP contribution in [-0.4, -0.2) is 24.2 Å². The summed E-state index contributed by atoms with van der Waals surface area (Å²) in [5.74, 6) is 0.955. The Morgan fingerprint density at radius 3 is 2.44 bits per heavy atom. The minimum atomic E-state index is 0.510. The summed E-state index contributed by atoms with van der Waals surface area (Å²) < 4.78 is 5.88. The van der Waals surface area contributed by atoms with Crippen molar-refractivity contribution in [3.05, 3.63) is 71.2 Å². The molecule has 0 bridgehead atoms. The fourth-order valence-corrected chi connectivity index (χ4v) is 3.81. The summed E-state index contributed by atoms with van der Waals surface area (Å²) in [6, 6.07) is 17.7. The summed E-state index contributed by atoms with van der Waals surface area (Å²) in [6.45, 7) is 1.88. The van der Waals surface area contributed by atoms with E-state index >= 15 is 0 Å². The van der Waals surface area contributed by atoms with E-state index in [-0.39, 0.29) is 0 Å². The molecule has 1 atom stereocenters. The smallest absolute Gasteiger partial charge is 0.123 e. The maximum Gasteiger partial charge on any atom is 0.123 e. The summed E-state index contributed by atoms with van der Waals surface area (Å²) in [5, 5.41) is 6.54. The minimum Gasteiger partial charge on any atom is -0.492 e. The van der Waals surface area contributed by atoms with Gasteiger partial charge in [0.1, 0.15) is 17.4 Å². The average molecular weight is 350 g/mol. The maximum atomic E-state index is 5.88. The molecule has 0 spiro atoms. The lowest BCUT2D eigenvalue weighted by atomic mass is 10.0. The fraction of sp³-hybridized carbons (Fsp3) is 0.286. The van der Waals surface area contributed by atoms with Crippen LogP contribution in [0.25, 0.3) is 10.6 Å². The van der Waals surface area contributed by atoms with Crippen molar-refractivity contribution in [3.63, 3.8) is 0 Å². The van der Waals surface area contributed by atoms with E-state index in [9.17, 15) is 0 Å². The molecule has 25 heavy (non-hydrogen) atoms. The molecule has 128 valence electrons. The van der Waals surface area contributed by atoms with Crippen LogP contribution in [-0.2, 0) is 6.42 Å². The van der Waals surface area contributed by atoms with Crippen LogP contribution in [0, 0.1) is 0 Å². The molecule has 3 nitrogen and oxygen atoms in total. The predicted octanol–water partition coefficient (Wildman–Crippen LogP) is 4.53. The first kappa shape index (κ1) is 16.3. The molecule has 3 aromatic rings. The van der Waals surface area contributed by atoms with Gasteiger partial charge in [-0.25, -0.2) is 4.98 Å². The van der Waals surface area contributed by atoms with E-state index in [0.717, 1.165) is 30.3 Å². The summed E-state index contributed by atoms with van der Waals surface area (Å²) >= 11 is 1.67. The lowest BCUT2D eigenvalue weighted by Gasteiger charge is -2.12. The van der Waals surface area contributed by atoms with Crippen LogP contribution in [0.1, 0.15) is 24.0 Å². The number of nitrogens with zero attached hydrogens (tertiary/aromatic N) is 1. The molecular weight excluding hydrogens is 328 g/mol. The molecule has 0 unspecified atom stereocenters. The monoisotopic (exact) mass is 350 g/mol. The van der Waals surface area contributed by atoms with E-state index < -0.39 is 0 Å². The van der Waals surface area contributed by atoms with Crippen LogP contribution in [0.4, 0.5) is 0 Å². The molecule has 2 aromatic carbocycles. The quantitative estimate of drug-likeness (QED) is 0.709. The fourth-order valence-electron chi connectivity index (χ4n) is 3.17. The second kappa shape index (κ2) is 7.81. The van der Waals surface area contributed by atoms with Crippen LogP contribution in [0.15, 0.2) is 60.1 Å². The van der Waals surface area contributed by atoms with E-state index in [1.807, 2.05) is 11.6 Å². The second-order valence-electron chi connectivity index (χ2n) is 6.46. The molecule has 1 N–H and O–H groups in total. The first-order chi connectivity index (χ1) is 12.4. The van der Waals surface area contributed by atoms with Crippen molar-refractivity contribution >= 4 is 11.3 Å². The molecule has 1 aromatic heterocycles. The van der Waals surface area contributed by atoms with Crippen molar-refractivity contribution in [2.24, 2.45) is 0 Å². The summed E-state index contributed by atoms with van der Waals surface area (Å²) in [7, 11) is 0. The number of hydrogen-bond donors (Lipinski definition) is 1. The highest BCUT2D eigenvalue weighted by molar-refractivity contribution is 7.13. The topological polar surface area (TPSA) is 34.1 Å². The molecule has 1 aliphatic heterocycles. The predicted molar refractivity (Wildman–Crippen MR) is 103 cm³/mol. The van der Waals surface area contributed by atoms with Gasteiger partial charge in [0.05, 0.1) is 0 Å². The first-order valence-corrected chi connectivity index (χ1v) is 9.69. The van der Waals surface area contributed by atoms with E-state index in [4.69, 9.17) is 4.74 Å². The highest BCUT2D eigenvalue weighted by Crippen LogP contribution is 2.23. The van der Waals surface area contributed by atoms with E-state index in [1.54, 1.807) is 11.3 Å². The van der Waals surface area contributed by atoms with Gasteiger partial charge in [0, 0.05) is 23.2 Å². The van der Waals surface area contributed by atoms with Gasteiger partial charge in [0.15, 0.2) is 0 Å². The Morgan fingerprint density at radius 2 is 1.80 bits per heavy atom. The van der Waals surface area contributed by atoms with Gasteiger partial charge >= 0.3 is 0 Å². The Balaban J connectivity index is 1.34. The molecule has 0 radical (unpaired) electrons. The lowest BCUT2D eigenvalue weighted by Crippen LogP contribution is -2.28. The molecular formula is C21H22N2OS. The normalized spacial score (nSPS) is 16.9. The van der Waals surface area contributed by atoms with Gasteiger partial charge in [-0.1, -0.05) is 36.4 Å². The second-order valence-corrected chi connectivity index (χ2v) is 7.35. The van der Waals surface area contributed by atoms with Gasteiger partial charge < -0.3 is 10.1 Å². The van der Waals surface area contributed by atoms with Crippen molar-refractivity contribution in [1.29, 1.82) is 0 Å². The Hall–Kier alpha value is -2.17. The molecule has 1 aliphatic rings. The van der Waals surface area contributed by atoms with Crippen molar-refractivity contribution < 1.29 is 4.74 Å². The first-order valence-electron chi connectivity index (χ1n) is 8.81. The summed E-state index contributed by atoms with van der Waals surface area (Å²) in [5.41, 5.74) is 3.79. The number of rotatable bonds is 6. The van der Waals surface area contributed by atoms with Gasteiger partial charge in [-0.3, -0.25) is 0 Å². The van der Waals surface area contributed by atoms with Crippen LogP contribution in [0.5, 0.6) is 5.75 Å². The van der Waals surface area contributed by atoms with E-state index in [2.05, 4.69) is 58.8 Å². The Morgan fingerprint density at radius 1 is 1.04 bits per heavy atom. The summed E-state index contributed by atoms with van der Waals surface area (Å²) in [4.78, 5) is 4.36. The van der Waals surface area contributed by atoms with E-state index in [0.29, 0.717) is 6.04 Å². The van der Waals surface area contributed by atoms with Crippen LogP contribution >= 0.6 is 11.3 Å². The molecule has 1 saturated heterocycles. The van der Waals surface area contributed by atoms with Gasteiger partial charge in [-0.2, -0.15) is 0 Å². The minimum absolute atomic E-state index is 0.510. The highest BCUT2D eigenvalue weighted by atomic mass is 32.1. The SMILES string of the molecule is c1csc(-c2ccc(Cc3ccc(OC[C@@H]4CCCN4)cc3)cc2)n1. The average Bonchev–Trinajstić information content (AvgIpc) is 3.36. The Kier molecular flexibility index (Phi) is 5.09. The highest BCUT2D eigenvalue weighted by Gasteiger charge is 2.14. The third kappa shape index (κ3) is 4.27. The third-order valence-corrected chi connectivity index (χ3v) is 5.40. The number of thiazole rings is 1. The summed E-state index contributed by atoms with van der Waals surface area (Å²) in [6.07, 6.45) is 5.26. The third-order valence-electron chi connectivity index (χ3n) is 4.58. The van der Waals surface area contributed by atoms with Crippen molar-refractivity contribution in [2.75, 3.05) is 13.2 Å². The van der Waals surface area contributed by atoms with Gasteiger partial charge in [0.25, 0.3) is 0 Å². The van der Waals surface area contributed by atoms with Crippen LogP contribution < -0.4 is 10.1 Å². The van der Waals surface area contributed by atoms with Crippen molar-refractivity contribution in [2.45, 2.75) is 25.3 Å². The zero-order valence-corrected chi connectivity index (χ0v) is 15.0.